The minimum Gasteiger partial charge on any atom is -0.358 e. The maximum atomic E-state index is 7.69. The van der Waals surface area contributed by atoms with Crippen molar-refractivity contribution < 1.29 is 0 Å². The van der Waals surface area contributed by atoms with Gasteiger partial charge in [0.25, 0.3) is 0 Å². The zero-order valence-electron chi connectivity index (χ0n) is 7.56. The van der Waals surface area contributed by atoms with E-state index in [1.165, 1.54) is 19.3 Å². The molecule has 1 heterocycles. The first-order chi connectivity index (χ1) is 5.25. The number of likely N-dealkylation sites (tertiary alicyclic amines) is 1. The Morgan fingerprint density at radius 2 is 2.27 bits per heavy atom. The Labute approximate surface area is 69.1 Å². The lowest BCUT2D eigenvalue weighted by molar-refractivity contribution is 0.253. The second kappa shape index (κ2) is 3.74. The van der Waals surface area contributed by atoms with E-state index in [1.54, 1.807) is 0 Å². The van der Waals surface area contributed by atoms with Crippen LogP contribution >= 0.6 is 0 Å². The highest BCUT2D eigenvalue weighted by molar-refractivity contribution is 5.79. The lowest BCUT2D eigenvalue weighted by Crippen LogP contribution is -2.41. The maximum Gasteiger partial charge on any atom is 0.0957 e. The summed E-state index contributed by atoms with van der Waals surface area (Å²) in [5.74, 6) is 0.817. The molecule has 0 saturated carbocycles. The van der Waals surface area contributed by atoms with Crippen molar-refractivity contribution in [3.8, 4) is 0 Å². The van der Waals surface area contributed by atoms with Gasteiger partial charge in [-0.2, -0.15) is 0 Å². The van der Waals surface area contributed by atoms with Gasteiger partial charge >= 0.3 is 0 Å². The Kier molecular flexibility index (Phi) is 2.92. The van der Waals surface area contributed by atoms with Crippen molar-refractivity contribution in [2.45, 2.75) is 45.6 Å². The van der Waals surface area contributed by atoms with Crippen LogP contribution in [-0.4, -0.2) is 23.3 Å². The maximum absolute atomic E-state index is 7.69. The molecule has 11 heavy (non-hydrogen) atoms. The van der Waals surface area contributed by atoms with Crippen LogP contribution in [0.5, 0.6) is 0 Å². The predicted molar refractivity (Wildman–Crippen MR) is 48.0 cm³/mol. The molecular weight excluding hydrogens is 136 g/mol. The highest BCUT2D eigenvalue weighted by Gasteiger charge is 2.18. The fraction of sp³-hybridized carbons (Fsp3) is 0.889. The standard InChI is InChI=1S/C9H18N2/c1-3-9(10)11-7-5-4-6-8(11)2/h8,10H,3-7H2,1-2H3. The summed E-state index contributed by atoms with van der Waals surface area (Å²) in [6.07, 6.45) is 4.76. The van der Waals surface area contributed by atoms with Gasteiger partial charge in [0.05, 0.1) is 5.84 Å². The van der Waals surface area contributed by atoms with Gasteiger partial charge in [-0.1, -0.05) is 6.92 Å². The second-order valence-electron chi connectivity index (χ2n) is 3.34. The van der Waals surface area contributed by atoms with Crippen LogP contribution in [0.15, 0.2) is 0 Å². The van der Waals surface area contributed by atoms with E-state index in [-0.39, 0.29) is 0 Å². The van der Waals surface area contributed by atoms with Gasteiger partial charge in [-0.3, -0.25) is 5.41 Å². The summed E-state index contributed by atoms with van der Waals surface area (Å²) in [5.41, 5.74) is 0. The Bertz CT molecular complexity index is 142. The van der Waals surface area contributed by atoms with Crippen molar-refractivity contribution in [2.75, 3.05) is 6.54 Å². The lowest BCUT2D eigenvalue weighted by atomic mass is 10.0. The van der Waals surface area contributed by atoms with Crippen LogP contribution in [0.3, 0.4) is 0 Å². The molecule has 1 atom stereocenters. The molecule has 0 aromatic rings. The Morgan fingerprint density at radius 3 is 2.82 bits per heavy atom. The minimum atomic E-state index is 0.608. The molecule has 0 spiro atoms. The van der Waals surface area contributed by atoms with Crippen molar-refractivity contribution in [3.63, 3.8) is 0 Å². The van der Waals surface area contributed by atoms with E-state index in [0.29, 0.717) is 6.04 Å². The van der Waals surface area contributed by atoms with E-state index >= 15 is 0 Å². The third kappa shape index (κ3) is 1.95. The van der Waals surface area contributed by atoms with Crippen LogP contribution in [0.1, 0.15) is 39.5 Å². The molecule has 0 aliphatic carbocycles. The van der Waals surface area contributed by atoms with E-state index in [1.807, 2.05) is 0 Å². The number of piperidine rings is 1. The largest absolute Gasteiger partial charge is 0.358 e. The minimum absolute atomic E-state index is 0.608. The Morgan fingerprint density at radius 1 is 1.55 bits per heavy atom. The molecule has 2 nitrogen and oxygen atoms in total. The fourth-order valence-electron chi connectivity index (χ4n) is 1.70. The van der Waals surface area contributed by atoms with Crippen LogP contribution in [0.4, 0.5) is 0 Å². The van der Waals surface area contributed by atoms with Crippen molar-refractivity contribution in [1.29, 1.82) is 5.41 Å². The van der Waals surface area contributed by atoms with E-state index < -0.39 is 0 Å². The smallest absolute Gasteiger partial charge is 0.0957 e. The molecule has 0 aromatic carbocycles. The molecule has 0 bridgehead atoms. The highest BCUT2D eigenvalue weighted by atomic mass is 15.2. The SMILES string of the molecule is CCC(=N)N1CCCCC1C. The van der Waals surface area contributed by atoms with E-state index in [4.69, 9.17) is 5.41 Å². The van der Waals surface area contributed by atoms with E-state index in [2.05, 4.69) is 18.7 Å². The normalized spacial score (nSPS) is 25.3. The number of amidine groups is 1. The zero-order chi connectivity index (χ0) is 8.27. The summed E-state index contributed by atoms with van der Waals surface area (Å²) in [5, 5.41) is 7.69. The van der Waals surface area contributed by atoms with Crippen LogP contribution in [0.25, 0.3) is 0 Å². The number of hydrogen-bond acceptors (Lipinski definition) is 1. The third-order valence-corrected chi connectivity index (χ3v) is 2.48. The lowest BCUT2D eigenvalue weighted by Gasteiger charge is -2.35. The van der Waals surface area contributed by atoms with Gasteiger partial charge in [-0.25, -0.2) is 0 Å². The molecule has 1 aliphatic heterocycles. The molecule has 1 rings (SSSR count). The van der Waals surface area contributed by atoms with Crippen LogP contribution in [0, 0.1) is 5.41 Å². The molecule has 64 valence electrons. The summed E-state index contributed by atoms with van der Waals surface area (Å²) in [7, 11) is 0. The topological polar surface area (TPSA) is 27.1 Å². The average Bonchev–Trinajstić information content (AvgIpc) is 2.04. The van der Waals surface area contributed by atoms with Gasteiger partial charge in [0.15, 0.2) is 0 Å². The van der Waals surface area contributed by atoms with Crippen molar-refractivity contribution in [1.82, 2.24) is 4.90 Å². The number of nitrogens with zero attached hydrogens (tertiary/aromatic N) is 1. The van der Waals surface area contributed by atoms with Gasteiger partial charge in [-0.05, 0) is 26.2 Å². The van der Waals surface area contributed by atoms with Crippen molar-refractivity contribution >= 4 is 5.84 Å². The van der Waals surface area contributed by atoms with E-state index in [0.717, 1.165) is 18.8 Å². The summed E-state index contributed by atoms with van der Waals surface area (Å²) in [6, 6.07) is 0.608. The van der Waals surface area contributed by atoms with Gasteiger partial charge < -0.3 is 4.90 Å². The summed E-state index contributed by atoms with van der Waals surface area (Å²) in [6.45, 7) is 5.39. The summed E-state index contributed by atoms with van der Waals surface area (Å²) < 4.78 is 0. The van der Waals surface area contributed by atoms with E-state index in [9.17, 15) is 0 Å². The molecule has 1 fully saturated rings. The molecule has 1 saturated heterocycles. The predicted octanol–water partition coefficient (Wildman–Crippen LogP) is 2.25. The quantitative estimate of drug-likeness (QED) is 0.455. The van der Waals surface area contributed by atoms with Gasteiger partial charge in [0, 0.05) is 19.0 Å². The molecule has 1 aliphatic rings. The number of rotatable bonds is 1. The summed E-state index contributed by atoms with van der Waals surface area (Å²) >= 11 is 0. The summed E-state index contributed by atoms with van der Waals surface area (Å²) in [4.78, 5) is 2.24. The number of hydrogen-bond donors (Lipinski definition) is 1. The van der Waals surface area contributed by atoms with Gasteiger partial charge in [0.1, 0.15) is 0 Å². The number of nitrogens with one attached hydrogen (secondary N) is 1. The van der Waals surface area contributed by atoms with Gasteiger partial charge in [0.2, 0.25) is 0 Å². The Hall–Kier alpha value is -0.530. The molecule has 1 unspecified atom stereocenters. The zero-order valence-corrected chi connectivity index (χ0v) is 7.56. The second-order valence-corrected chi connectivity index (χ2v) is 3.34. The first-order valence-corrected chi connectivity index (χ1v) is 4.59. The van der Waals surface area contributed by atoms with Crippen LogP contribution < -0.4 is 0 Å². The molecule has 0 aromatic heterocycles. The highest BCUT2D eigenvalue weighted by Crippen LogP contribution is 2.16. The first kappa shape index (κ1) is 8.57. The van der Waals surface area contributed by atoms with Gasteiger partial charge in [-0.15, -0.1) is 0 Å². The molecule has 1 N–H and O–H groups in total. The van der Waals surface area contributed by atoms with Crippen molar-refractivity contribution in [3.05, 3.63) is 0 Å². The van der Waals surface area contributed by atoms with Crippen LogP contribution in [0.2, 0.25) is 0 Å². The monoisotopic (exact) mass is 154 g/mol. The molecule has 0 radical (unpaired) electrons. The molecule has 0 amide bonds. The average molecular weight is 154 g/mol. The molecular formula is C9H18N2. The van der Waals surface area contributed by atoms with Crippen molar-refractivity contribution in [2.24, 2.45) is 0 Å². The fourth-order valence-corrected chi connectivity index (χ4v) is 1.70. The first-order valence-electron chi connectivity index (χ1n) is 4.59. The van der Waals surface area contributed by atoms with Crippen LogP contribution in [-0.2, 0) is 0 Å². The Balaban J connectivity index is 2.47. The molecule has 2 heteroatoms. The third-order valence-electron chi connectivity index (χ3n) is 2.48.